The van der Waals surface area contributed by atoms with E-state index in [1.54, 1.807) is 16.8 Å². The summed E-state index contributed by atoms with van der Waals surface area (Å²) in [5.41, 5.74) is 1.85. The lowest BCUT2D eigenvalue weighted by Gasteiger charge is -2.31. The van der Waals surface area contributed by atoms with Crippen molar-refractivity contribution in [3.63, 3.8) is 0 Å². The van der Waals surface area contributed by atoms with E-state index >= 15 is 0 Å². The molecular weight excluding hydrogens is 269 g/mol. The summed E-state index contributed by atoms with van der Waals surface area (Å²) in [7, 11) is 0. The number of aliphatic hydroxyl groups is 1. The van der Waals surface area contributed by atoms with Crippen LogP contribution >= 0.6 is 0 Å². The summed E-state index contributed by atoms with van der Waals surface area (Å²) in [5.74, 6) is 0.146. The first-order valence-corrected chi connectivity index (χ1v) is 7.38. The van der Waals surface area contributed by atoms with E-state index in [0.717, 1.165) is 43.9 Å². The number of aromatic nitrogens is 2. The molecule has 5 heteroatoms. The maximum atomic E-state index is 12.9. The molecule has 0 bridgehead atoms. The number of hydrogen-bond donors (Lipinski definition) is 1. The van der Waals surface area contributed by atoms with Gasteiger partial charge in [-0.3, -0.25) is 4.90 Å². The number of hydrogen-bond acceptors (Lipinski definition) is 3. The van der Waals surface area contributed by atoms with Gasteiger partial charge in [-0.1, -0.05) is 0 Å². The summed E-state index contributed by atoms with van der Waals surface area (Å²) in [5, 5.41) is 13.8. The van der Waals surface area contributed by atoms with Gasteiger partial charge in [0, 0.05) is 25.9 Å². The number of piperidine rings is 1. The Labute approximate surface area is 123 Å². The summed E-state index contributed by atoms with van der Waals surface area (Å²) < 4.78 is 14.7. The van der Waals surface area contributed by atoms with Crippen molar-refractivity contribution in [3.8, 4) is 5.69 Å². The molecule has 4 nitrogen and oxygen atoms in total. The van der Waals surface area contributed by atoms with Crippen LogP contribution in [0.4, 0.5) is 4.39 Å². The second-order valence-electron chi connectivity index (χ2n) is 5.65. The Kier molecular flexibility index (Phi) is 4.31. The molecule has 2 aromatic rings. The minimum absolute atomic E-state index is 0.241. The Balaban J connectivity index is 1.66. The lowest BCUT2D eigenvalue weighted by molar-refractivity contribution is 0.115. The molecule has 1 aromatic carbocycles. The SMILES string of the molecule is OCC1CCCN(Cc2ccn(-c3ccc(F)cc3)n2)C1. The topological polar surface area (TPSA) is 41.3 Å². The van der Waals surface area contributed by atoms with Crippen LogP contribution in [0, 0.1) is 11.7 Å². The molecule has 21 heavy (non-hydrogen) atoms. The van der Waals surface area contributed by atoms with Gasteiger partial charge in [0.05, 0.1) is 11.4 Å². The van der Waals surface area contributed by atoms with Gasteiger partial charge in [-0.2, -0.15) is 5.10 Å². The molecule has 2 heterocycles. The molecule has 0 spiro atoms. The first kappa shape index (κ1) is 14.2. The van der Waals surface area contributed by atoms with Crippen LogP contribution in [0.15, 0.2) is 36.5 Å². The van der Waals surface area contributed by atoms with Crippen molar-refractivity contribution in [2.24, 2.45) is 5.92 Å². The van der Waals surface area contributed by atoms with E-state index in [4.69, 9.17) is 0 Å². The molecular formula is C16H20FN3O. The van der Waals surface area contributed by atoms with Gasteiger partial charge in [-0.05, 0) is 55.6 Å². The quantitative estimate of drug-likeness (QED) is 0.938. The third kappa shape index (κ3) is 3.49. The molecule has 0 radical (unpaired) electrons. The summed E-state index contributed by atoms with van der Waals surface area (Å²) in [6, 6.07) is 8.30. The van der Waals surface area contributed by atoms with Crippen molar-refractivity contribution in [2.75, 3.05) is 19.7 Å². The van der Waals surface area contributed by atoms with Gasteiger partial charge >= 0.3 is 0 Å². The Morgan fingerprint density at radius 3 is 2.81 bits per heavy atom. The van der Waals surface area contributed by atoms with Crippen molar-refractivity contribution >= 4 is 0 Å². The Hall–Kier alpha value is -1.72. The molecule has 1 aliphatic heterocycles. The fraction of sp³-hybridized carbons (Fsp3) is 0.438. The monoisotopic (exact) mass is 289 g/mol. The summed E-state index contributed by atoms with van der Waals surface area (Å²) in [4.78, 5) is 2.34. The van der Waals surface area contributed by atoms with Crippen LogP contribution in [-0.2, 0) is 6.54 Å². The van der Waals surface area contributed by atoms with Gasteiger partial charge in [-0.15, -0.1) is 0 Å². The summed E-state index contributed by atoms with van der Waals surface area (Å²) in [6.45, 7) is 3.05. The lowest BCUT2D eigenvalue weighted by Crippen LogP contribution is -2.36. The Bertz CT molecular complexity index is 581. The number of nitrogens with zero attached hydrogens (tertiary/aromatic N) is 3. The van der Waals surface area contributed by atoms with Crippen molar-refractivity contribution in [2.45, 2.75) is 19.4 Å². The van der Waals surface area contributed by atoms with Crippen LogP contribution in [0.1, 0.15) is 18.5 Å². The van der Waals surface area contributed by atoms with Crippen molar-refractivity contribution in [3.05, 3.63) is 48.0 Å². The molecule has 0 amide bonds. The smallest absolute Gasteiger partial charge is 0.123 e. The molecule has 1 atom stereocenters. The third-order valence-corrected chi connectivity index (χ3v) is 3.98. The van der Waals surface area contributed by atoms with E-state index in [1.165, 1.54) is 12.1 Å². The fourth-order valence-electron chi connectivity index (χ4n) is 2.86. The van der Waals surface area contributed by atoms with Gasteiger partial charge in [0.1, 0.15) is 5.82 Å². The van der Waals surface area contributed by atoms with Crippen molar-refractivity contribution in [1.29, 1.82) is 0 Å². The molecule has 0 saturated carbocycles. The Morgan fingerprint density at radius 2 is 2.05 bits per heavy atom. The van der Waals surface area contributed by atoms with Gasteiger partial charge < -0.3 is 5.11 Å². The molecule has 1 fully saturated rings. The summed E-state index contributed by atoms with van der Waals surface area (Å²) in [6.07, 6.45) is 4.14. The highest BCUT2D eigenvalue weighted by molar-refractivity contribution is 5.31. The summed E-state index contributed by atoms with van der Waals surface area (Å²) >= 11 is 0. The molecule has 1 saturated heterocycles. The van der Waals surface area contributed by atoms with E-state index in [9.17, 15) is 9.50 Å². The van der Waals surface area contributed by atoms with E-state index in [-0.39, 0.29) is 12.4 Å². The van der Waals surface area contributed by atoms with Gasteiger partial charge in [-0.25, -0.2) is 9.07 Å². The van der Waals surface area contributed by atoms with Crippen LogP contribution in [0.25, 0.3) is 5.69 Å². The first-order chi connectivity index (χ1) is 10.2. The number of rotatable bonds is 4. The highest BCUT2D eigenvalue weighted by Crippen LogP contribution is 2.18. The predicted octanol–water partition coefficient (Wildman–Crippen LogP) is 2.22. The maximum absolute atomic E-state index is 12.9. The largest absolute Gasteiger partial charge is 0.396 e. The van der Waals surface area contributed by atoms with E-state index in [1.807, 2.05) is 12.3 Å². The maximum Gasteiger partial charge on any atom is 0.123 e. The Morgan fingerprint density at radius 1 is 1.24 bits per heavy atom. The molecule has 1 unspecified atom stereocenters. The van der Waals surface area contributed by atoms with Crippen LogP contribution < -0.4 is 0 Å². The van der Waals surface area contributed by atoms with Crippen LogP contribution in [0.5, 0.6) is 0 Å². The highest BCUT2D eigenvalue weighted by Gasteiger charge is 2.19. The van der Waals surface area contributed by atoms with Gasteiger partial charge in [0.2, 0.25) is 0 Å². The molecule has 3 rings (SSSR count). The van der Waals surface area contributed by atoms with Crippen LogP contribution in [-0.4, -0.2) is 39.5 Å². The van der Waals surface area contributed by atoms with Gasteiger partial charge in [0.15, 0.2) is 0 Å². The normalized spacial score (nSPS) is 19.8. The minimum atomic E-state index is -0.241. The zero-order valence-electron chi connectivity index (χ0n) is 12.0. The molecule has 1 aromatic heterocycles. The lowest BCUT2D eigenvalue weighted by atomic mass is 9.99. The fourth-order valence-corrected chi connectivity index (χ4v) is 2.86. The van der Waals surface area contributed by atoms with E-state index < -0.39 is 0 Å². The standard InChI is InChI=1S/C16H20FN3O/c17-14-3-5-16(6-4-14)20-9-7-15(18-20)11-19-8-1-2-13(10-19)12-21/h3-7,9,13,21H,1-2,8,10-12H2. The number of aliphatic hydroxyl groups excluding tert-OH is 1. The zero-order valence-corrected chi connectivity index (χ0v) is 12.0. The van der Waals surface area contributed by atoms with Crippen LogP contribution in [0.2, 0.25) is 0 Å². The number of halogens is 1. The first-order valence-electron chi connectivity index (χ1n) is 7.38. The highest BCUT2D eigenvalue weighted by atomic mass is 19.1. The molecule has 1 aliphatic rings. The minimum Gasteiger partial charge on any atom is -0.396 e. The second kappa shape index (κ2) is 6.37. The second-order valence-corrected chi connectivity index (χ2v) is 5.65. The van der Waals surface area contributed by atoms with Gasteiger partial charge in [0.25, 0.3) is 0 Å². The zero-order chi connectivity index (χ0) is 14.7. The molecule has 0 aliphatic carbocycles. The molecule has 112 valence electrons. The average molecular weight is 289 g/mol. The van der Waals surface area contributed by atoms with Crippen molar-refractivity contribution in [1.82, 2.24) is 14.7 Å². The van der Waals surface area contributed by atoms with E-state index in [2.05, 4.69) is 10.00 Å². The molecule has 1 N–H and O–H groups in total. The van der Waals surface area contributed by atoms with Crippen molar-refractivity contribution < 1.29 is 9.50 Å². The third-order valence-electron chi connectivity index (χ3n) is 3.98. The predicted molar refractivity (Wildman–Crippen MR) is 78.6 cm³/mol. The number of benzene rings is 1. The van der Waals surface area contributed by atoms with Crippen LogP contribution in [0.3, 0.4) is 0 Å². The van der Waals surface area contributed by atoms with E-state index in [0.29, 0.717) is 5.92 Å². The average Bonchev–Trinajstić information content (AvgIpc) is 2.96. The number of likely N-dealkylation sites (tertiary alicyclic amines) is 1.